The van der Waals surface area contributed by atoms with Gasteiger partial charge in [0.1, 0.15) is 12.1 Å². The molecule has 302 valence electrons. The first-order valence-corrected chi connectivity index (χ1v) is 21.0. The highest BCUT2D eigenvalue weighted by Crippen LogP contribution is 2.53. The summed E-state index contributed by atoms with van der Waals surface area (Å²) >= 11 is 0. The van der Waals surface area contributed by atoms with Crippen LogP contribution in [0.2, 0.25) is 0 Å². The molecule has 0 aliphatic carbocycles. The lowest BCUT2D eigenvalue weighted by atomic mass is 10.0. The third-order valence-corrected chi connectivity index (χ3v) is 12.2. The second-order valence-corrected chi connectivity index (χ2v) is 16.9. The molecule has 4 amide bonds. The van der Waals surface area contributed by atoms with E-state index in [0.29, 0.717) is 67.1 Å². The summed E-state index contributed by atoms with van der Waals surface area (Å²) in [6.45, 7) is 2.97. The van der Waals surface area contributed by atoms with Gasteiger partial charge in [0.25, 0.3) is 11.8 Å². The molecule has 3 saturated heterocycles. The molecule has 3 fully saturated rings. The van der Waals surface area contributed by atoms with Gasteiger partial charge in [0.05, 0.1) is 24.6 Å². The summed E-state index contributed by atoms with van der Waals surface area (Å²) < 4.78 is 37.8. The van der Waals surface area contributed by atoms with E-state index >= 15 is 0 Å². The van der Waals surface area contributed by atoms with Crippen LogP contribution in [-0.2, 0) is 25.3 Å². The topological polar surface area (TPSA) is 183 Å². The largest absolute Gasteiger partial charge is 0.374 e. The smallest absolute Gasteiger partial charge is 0.363 e. The van der Waals surface area contributed by atoms with Crippen LogP contribution in [0.5, 0.6) is 0 Å². The van der Waals surface area contributed by atoms with Crippen molar-refractivity contribution in [3.8, 4) is 0 Å². The van der Waals surface area contributed by atoms with Gasteiger partial charge in [-0.2, -0.15) is 0 Å². The zero-order valence-corrected chi connectivity index (χ0v) is 32.6. The molecule has 1 aromatic heterocycles. The van der Waals surface area contributed by atoms with Gasteiger partial charge in [0.2, 0.25) is 17.7 Å². The molecule has 14 nitrogen and oxygen atoms in total. The second kappa shape index (κ2) is 16.1. The molecule has 2 unspecified atom stereocenters. The lowest BCUT2D eigenvalue weighted by Gasteiger charge is -2.40. The summed E-state index contributed by atoms with van der Waals surface area (Å²) in [5, 5.41) is 8.36. The zero-order chi connectivity index (χ0) is 40.7. The molecule has 16 heteroatoms. The minimum absolute atomic E-state index is 0.0808. The molecule has 0 spiro atoms. The van der Waals surface area contributed by atoms with E-state index in [1.54, 1.807) is 28.0 Å². The van der Waals surface area contributed by atoms with Crippen molar-refractivity contribution >= 4 is 53.0 Å². The number of nitrogens with one attached hydrogen (secondary N) is 1. The van der Waals surface area contributed by atoms with Crippen LogP contribution in [0.15, 0.2) is 89.5 Å². The van der Waals surface area contributed by atoms with Gasteiger partial charge in [-0.1, -0.05) is 65.3 Å². The van der Waals surface area contributed by atoms with Gasteiger partial charge in [0, 0.05) is 37.7 Å². The van der Waals surface area contributed by atoms with Crippen LogP contribution in [-0.4, -0.2) is 110 Å². The molecule has 0 bridgehead atoms. The lowest BCUT2D eigenvalue weighted by Crippen LogP contribution is -2.62. The highest BCUT2D eigenvalue weighted by molar-refractivity contribution is 7.51. The number of carbonyl (C=O) groups is 4. The van der Waals surface area contributed by atoms with Crippen LogP contribution in [0.3, 0.4) is 0 Å². The number of hydrogen-bond donors (Lipinski definition) is 3. The summed E-state index contributed by atoms with van der Waals surface area (Å²) in [6.07, 6.45) is 1.75. The number of ether oxygens (including phenoxy) is 1. The molecule has 58 heavy (non-hydrogen) atoms. The van der Waals surface area contributed by atoms with Gasteiger partial charge in [-0.15, -0.1) is 0 Å². The molecule has 5 aromatic rings. The maximum absolute atomic E-state index is 14.8. The molecule has 0 radical (unpaired) electrons. The Hall–Kier alpha value is -5.47. The Morgan fingerprint density at radius 2 is 1.72 bits per heavy atom. The number of carbonyl (C=O) groups excluding carboxylic acids is 4. The second-order valence-electron chi connectivity index (χ2n) is 15.3. The molecule has 3 aliphatic rings. The van der Waals surface area contributed by atoms with Crippen molar-refractivity contribution in [1.29, 1.82) is 0 Å². The number of aromatic nitrogens is 1. The van der Waals surface area contributed by atoms with E-state index in [-0.39, 0.29) is 41.9 Å². The average Bonchev–Trinajstić information content (AvgIpc) is 3.84. The summed E-state index contributed by atoms with van der Waals surface area (Å²) in [6, 6.07) is 21.4. The third-order valence-electron chi connectivity index (χ3n) is 11.3. The number of fused-ring (bicyclic) bond motifs is 3. The standard InChI is InChI=1S/C42H43FN5O9P/c1-25-7-14-36-33(19-25)37(45-57-36)42(52)46-16-15-31-12-13-35(41(51)47-17-18-56-32(23-47)20-26-5-3-2-4-6-26)48(31)40(50)34(24-46)44-39(49)29-11-9-27-8-10-28(21-30(27)22-29)38(43)58(53,54)55/h2-11,14,19,21-22,31-32,34-35,38H,12-13,15-18,20,23-24H2,1H3,(H,44,49)(H2,53,54,55)/t31-,32?,34+,35+,38?/m1/s1. The highest BCUT2D eigenvalue weighted by Gasteiger charge is 2.47. The SMILES string of the molecule is Cc1ccc2onc(C(=O)N3CC[C@H]4CC[C@@H](C(=O)N5CCOC(Cc6ccccc6)C5)N4C(=O)[C@@H](NC(=O)c4ccc5ccc(C(F)P(=O)(O)O)cc5c4)C3)c2c1. The van der Waals surface area contributed by atoms with Gasteiger partial charge in [-0.3, -0.25) is 23.7 Å². The Kier molecular flexibility index (Phi) is 10.9. The molecule has 4 aromatic carbocycles. The van der Waals surface area contributed by atoms with Crippen LogP contribution < -0.4 is 5.32 Å². The van der Waals surface area contributed by atoms with Crippen molar-refractivity contribution in [3.63, 3.8) is 0 Å². The van der Waals surface area contributed by atoms with Crippen LogP contribution in [0.4, 0.5) is 4.39 Å². The summed E-state index contributed by atoms with van der Waals surface area (Å²) in [7, 11) is -5.09. The van der Waals surface area contributed by atoms with Gasteiger partial charge in [0.15, 0.2) is 11.3 Å². The molecule has 3 aliphatic heterocycles. The van der Waals surface area contributed by atoms with Crippen LogP contribution >= 0.6 is 7.60 Å². The number of rotatable bonds is 8. The molecule has 4 heterocycles. The van der Waals surface area contributed by atoms with Gasteiger partial charge >= 0.3 is 7.60 Å². The quantitative estimate of drug-likeness (QED) is 0.182. The zero-order valence-electron chi connectivity index (χ0n) is 31.7. The number of halogens is 1. The summed E-state index contributed by atoms with van der Waals surface area (Å²) in [4.78, 5) is 81.1. The number of alkyl halides is 1. The van der Waals surface area contributed by atoms with Crippen molar-refractivity contribution in [3.05, 3.63) is 113 Å². The van der Waals surface area contributed by atoms with E-state index in [0.717, 1.165) is 11.1 Å². The molecule has 8 rings (SSSR count). The summed E-state index contributed by atoms with van der Waals surface area (Å²) in [5.41, 5.74) is 2.34. The Morgan fingerprint density at radius 3 is 2.52 bits per heavy atom. The van der Waals surface area contributed by atoms with Gasteiger partial charge in [-0.25, -0.2) is 4.39 Å². The molecule has 3 N–H and O–H groups in total. The fourth-order valence-electron chi connectivity index (χ4n) is 8.39. The van der Waals surface area contributed by atoms with E-state index < -0.39 is 49.4 Å². The van der Waals surface area contributed by atoms with E-state index in [9.17, 15) is 37.9 Å². The fourth-order valence-corrected chi connectivity index (χ4v) is 8.94. The van der Waals surface area contributed by atoms with Crippen LogP contribution in [0.25, 0.3) is 21.7 Å². The van der Waals surface area contributed by atoms with Crippen molar-refractivity contribution in [2.75, 3.05) is 32.8 Å². The Labute approximate surface area is 333 Å². The molecule has 5 atom stereocenters. The monoisotopic (exact) mass is 811 g/mol. The number of hydrogen-bond acceptors (Lipinski definition) is 8. The first-order valence-electron chi connectivity index (χ1n) is 19.3. The van der Waals surface area contributed by atoms with E-state index in [2.05, 4.69) is 10.5 Å². The van der Waals surface area contributed by atoms with Crippen molar-refractivity contribution in [2.24, 2.45) is 0 Å². The third kappa shape index (κ3) is 7.99. The Bertz CT molecular complexity index is 2440. The van der Waals surface area contributed by atoms with E-state index in [1.165, 1.54) is 35.2 Å². The van der Waals surface area contributed by atoms with Gasteiger partial charge in [-0.05, 0) is 78.4 Å². The first kappa shape index (κ1) is 39.4. The molecular formula is C42H43FN5O9P. The van der Waals surface area contributed by atoms with E-state index in [4.69, 9.17) is 9.26 Å². The number of amides is 4. The first-order chi connectivity index (χ1) is 27.8. The van der Waals surface area contributed by atoms with Crippen molar-refractivity contribution in [1.82, 2.24) is 25.2 Å². The lowest BCUT2D eigenvalue weighted by molar-refractivity contribution is -0.151. The maximum atomic E-state index is 14.8. The Balaban J connectivity index is 1.08. The minimum Gasteiger partial charge on any atom is -0.374 e. The van der Waals surface area contributed by atoms with Crippen molar-refractivity contribution in [2.45, 2.75) is 62.7 Å². The predicted octanol–water partition coefficient (Wildman–Crippen LogP) is 4.91. The van der Waals surface area contributed by atoms with Crippen LogP contribution in [0.1, 0.15) is 62.7 Å². The van der Waals surface area contributed by atoms with Crippen LogP contribution in [0, 0.1) is 6.92 Å². The van der Waals surface area contributed by atoms with Gasteiger partial charge < -0.3 is 39.1 Å². The number of aryl methyl sites for hydroxylation is 1. The molecule has 0 saturated carbocycles. The van der Waals surface area contributed by atoms with Crippen molar-refractivity contribution < 1.29 is 47.2 Å². The summed E-state index contributed by atoms with van der Waals surface area (Å²) in [5.74, 6) is -4.40. The number of morpholine rings is 1. The van der Waals surface area contributed by atoms with E-state index in [1.807, 2.05) is 43.3 Å². The Morgan fingerprint density at radius 1 is 0.931 bits per heavy atom. The molecular weight excluding hydrogens is 768 g/mol. The average molecular weight is 812 g/mol. The normalized spacial score (nSPS) is 22.1. The minimum atomic E-state index is -5.09. The number of nitrogens with zero attached hydrogens (tertiary/aromatic N) is 4. The maximum Gasteiger partial charge on any atom is 0.363 e. The fraction of sp³-hybridized carbons (Fsp3) is 0.357. The predicted molar refractivity (Wildman–Crippen MR) is 210 cm³/mol. The highest BCUT2D eigenvalue weighted by atomic mass is 31.2. The number of benzene rings is 4.